The molecule has 3 aromatic carbocycles. The second-order valence-electron chi connectivity index (χ2n) is 9.32. The van der Waals surface area contributed by atoms with Gasteiger partial charge < -0.3 is 14.6 Å². The smallest absolute Gasteiger partial charge is 0.355 e. The Bertz CT molecular complexity index is 1810. The van der Waals surface area contributed by atoms with E-state index >= 15 is 0 Å². The highest BCUT2D eigenvalue weighted by atomic mass is 79.9. The average molecular weight is 664 g/mol. The van der Waals surface area contributed by atoms with Crippen LogP contribution in [0.5, 0.6) is 5.75 Å². The van der Waals surface area contributed by atoms with Crippen molar-refractivity contribution in [3.63, 3.8) is 0 Å². The van der Waals surface area contributed by atoms with Gasteiger partial charge in [0, 0.05) is 22.9 Å². The molecule has 0 bridgehead atoms. The van der Waals surface area contributed by atoms with Gasteiger partial charge >= 0.3 is 5.97 Å². The van der Waals surface area contributed by atoms with Crippen LogP contribution < -0.4 is 4.74 Å². The van der Waals surface area contributed by atoms with Crippen LogP contribution in [0.3, 0.4) is 0 Å². The molecule has 1 atom stereocenters. The van der Waals surface area contributed by atoms with Crippen LogP contribution in [0.2, 0.25) is 0 Å². The summed E-state index contributed by atoms with van der Waals surface area (Å²) in [4.78, 5) is 12.1. The summed E-state index contributed by atoms with van der Waals surface area (Å²) < 4.78 is 70.3. The van der Waals surface area contributed by atoms with Crippen molar-refractivity contribution in [3.05, 3.63) is 88.5 Å². The summed E-state index contributed by atoms with van der Waals surface area (Å²) in [6, 6.07) is 19.3. The van der Waals surface area contributed by atoms with E-state index < -0.39 is 42.7 Å². The largest absolute Gasteiger partial charge is 0.491 e. The maximum absolute atomic E-state index is 14.3. The number of para-hydroxylation sites is 1. The summed E-state index contributed by atoms with van der Waals surface area (Å²) in [5, 5.41) is 10.4. The Morgan fingerprint density at radius 1 is 1.00 bits per heavy atom. The molecule has 0 aliphatic carbocycles. The first kappa shape index (κ1) is 29.3. The van der Waals surface area contributed by atoms with Crippen LogP contribution in [-0.2, 0) is 31.2 Å². The lowest BCUT2D eigenvalue weighted by molar-refractivity contribution is -0.0249. The number of aromatic carboxylic acids is 1. The molecule has 216 valence electrons. The Kier molecular flexibility index (Phi) is 8.26. The number of morpholine rings is 1. The van der Waals surface area contributed by atoms with Gasteiger partial charge in [-0.1, -0.05) is 59.3 Å². The second kappa shape index (κ2) is 11.6. The fraction of sp³-hybridized carbons (Fsp3) is 0.250. The van der Waals surface area contributed by atoms with E-state index in [4.69, 9.17) is 9.47 Å². The van der Waals surface area contributed by atoms with Crippen LogP contribution in [-0.4, -0.2) is 68.6 Å². The Morgan fingerprint density at radius 2 is 1.66 bits per heavy atom. The maximum Gasteiger partial charge on any atom is 0.355 e. The van der Waals surface area contributed by atoms with Gasteiger partial charge in [0.2, 0.25) is 10.0 Å². The zero-order valence-corrected chi connectivity index (χ0v) is 25.2. The number of aromatic nitrogens is 1. The number of carbonyl (C=O) groups is 1. The van der Waals surface area contributed by atoms with Crippen molar-refractivity contribution in [1.82, 2.24) is 8.28 Å². The van der Waals surface area contributed by atoms with E-state index in [1.165, 1.54) is 30.3 Å². The minimum Gasteiger partial charge on any atom is -0.491 e. The topological polar surface area (TPSA) is 132 Å². The second-order valence-corrected chi connectivity index (χ2v) is 13.8. The van der Waals surface area contributed by atoms with Crippen LogP contribution in [0.15, 0.2) is 87.1 Å². The summed E-state index contributed by atoms with van der Waals surface area (Å²) in [5.41, 5.74) is -0.412. The first-order chi connectivity index (χ1) is 19.6. The molecule has 10 nitrogen and oxygen atoms in total. The van der Waals surface area contributed by atoms with E-state index in [1.807, 2.05) is 18.2 Å². The highest BCUT2D eigenvalue weighted by Gasteiger charge is 2.41. The Morgan fingerprint density at radius 3 is 2.29 bits per heavy atom. The Balaban J connectivity index is 1.68. The number of fused-ring (bicyclic) bond motifs is 1. The van der Waals surface area contributed by atoms with Gasteiger partial charge in [-0.15, -0.1) is 0 Å². The molecule has 2 heterocycles. The van der Waals surface area contributed by atoms with Crippen LogP contribution in [0.4, 0.5) is 0 Å². The van der Waals surface area contributed by atoms with Gasteiger partial charge in [0.05, 0.1) is 17.0 Å². The van der Waals surface area contributed by atoms with Crippen LogP contribution in [0.1, 0.15) is 23.0 Å². The lowest BCUT2D eigenvalue weighted by atomic mass is 10.1. The Hall–Kier alpha value is -3.23. The third kappa shape index (κ3) is 5.40. The lowest BCUT2D eigenvalue weighted by Gasteiger charge is -2.32. The molecular weight excluding hydrogens is 636 g/mol. The first-order valence-corrected chi connectivity index (χ1v) is 16.4. The van der Waals surface area contributed by atoms with Gasteiger partial charge in [-0.05, 0) is 48.4 Å². The monoisotopic (exact) mass is 662 g/mol. The van der Waals surface area contributed by atoms with Crippen molar-refractivity contribution in [2.45, 2.75) is 29.2 Å². The van der Waals surface area contributed by atoms with E-state index in [0.717, 1.165) is 4.31 Å². The minimum absolute atomic E-state index is 0.0397. The molecule has 1 N–H and O–H groups in total. The third-order valence-electron chi connectivity index (χ3n) is 6.81. The molecule has 0 spiro atoms. The molecule has 1 aromatic heterocycles. The van der Waals surface area contributed by atoms with Gasteiger partial charge in [-0.25, -0.2) is 25.6 Å². The van der Waals surface area contributed by atoms with Crippen molar-refractivity contribution in [1.29, 1.82) is 0 Å². The molecule has 1 unspecified atom stereocenters. The standard InChI is InChI=1S/C28H27BrN2O8S2/c1-2-22-23(29)13-14-24-25(22)27(26(28(32)33)31(24)40(34,35)21-11-7-4-8-12-21)41(36,37)30-15-16-38-20(17-30)18-39-19-9-5-3-6-10-19/h3-14,20H,2,15-18H2,1H3,(H,32,33). The number of rotatable bonds is 9. The third-order valence-corrected chi connectivity index (χ3v) is 11.2. The predicted octanol–water partition coefficient (Wildman–Crippen LogP) is 4.37. The molecule has 0 saturated carbocycles. The van der Waals surface area contributed by atoms with E-state index in [2.05, 4.69) is 15.9 Å². The summed E-state index contributed by atoms with van der Waals surface area (Å²) in [6.45, 7) is 1.75. The molecule has 41 heavy (non-hydrogen) atoms. The zero-order chi connectivity index (χ0) is 29.4. The van der Waals surface area contributed by atoms with Crippen LogP contribution in [0, 0.1) is 0 Å². The number of carboxylic acid groups (broad SMARTS) is 1. The van der Waals surface area contributed by atoms with Crippen LogP contribution >= 0.6 is 15.9 Å². The molecule has 1 aliphatic heterocycles. The number of aryl methyl sites for hydroxylation is 1. The summed E-state index contributed by atoms with van der Waals surface area (Å²) in [7, 11) is -9.05. The summed E-state index contributed by atoms with van der Waals surface area (Å²) >= 11 is 3.44. The molecule has 13 heteroatoms. The number of benzene rings is 3. The van der Waals surface area contributed by atoms with Crippen molar-refractivity contribution in [2.75, 3.05) is 26.3 Å². The molecule has 0 radical (unpaired) electrons. The van der Waals surface area contributed by atoms with Crippen molar-refractivity contribution in [2.24, 2.45) is 0 Å². The van der Waals surface area contributed by atoms with Gasteiger partial charge in [0.1, 0.15) is 23.4 Å². The summed E-state index contributed by atoms with van der Waals surface area (Å²) in [5.74, 6) is -1.09. The zero-order valence-electron chi connectivity index (χ0n) is 21.9. The fourth-order valence-corrected chi connectivity index (χ4v) is 8.98. The average Bonchev–Trinajstić information content (AvgIpc) is 3.35. The number of hydrogen-bond acceptors (Lipinski definition) is 7. The van der Waals surface area contributed by atoms with E-state index in [9.17, 15) is 26.7 Å². The molecular formula is C28H27BrN2O8S2. The number of halogens is 1. The number of carboxylic acids is 1. The maximum atomic E-state index is 14.3. The van der Waals surface area contributed by atoms with E-state index in [0.29, 0.717) is 26.2 Å². The quantitative estimate of drug-likeness (QED) is 0.279. The normalized spacial score (nSPS) is 16.6. The van der Waals surface area contributed by atoms with Crippen molar-refractivity contribution < 1.29 is 36.2 Å². The van der Waals surface area contributed by atoms with Crippen molar-refractivity contribution in [3.8, 4) is 5.75 Å². The highest BCUT2D eigenvalue weighted by Crippen LogP contribution is 2.40. The molecule has 0 amide bonds. The lowest BCUT2D eigenvalue weighted by Crippen LogP contribution is -2.47. The van der Waals surface area contributed by atoms with Gasteiger partial charge in [-0.2, -0.15) is 4.31 Å². The Labute approximate surface area is 246 Å². The first-order valence-electron chi connectivity index (χ1n) is 12.8. The summed E-state index contributed by atoms with van der Waals surface area (Å²) in [6.07, 6.45) is -0.322. The molecule has 4 aromatic rings. The SMILES string of the molecule is CCc1c(Br)ccc2c1c(S(=O)(=O)N1CCOC(COc3ccccc3)C1)c(C(=O)O)n2S(=O)(=O)c1ccccc1. The highest BCUT2D eigenvalue weighted by molar-refractivity contribution is 9.10. The van der Waals surface area contributed by atoms with E-state index in [-0.39, 0.29) is 42.1 Å². The molecule has 1 aliphatic rings. The van der Waals surface area contributed by atoms with Gasteiger partial charge in [-0.3, -0.25) is 0 Å². The van der Waals surface area contributed by atoms with Crippen molar-refractivity contribution >= 4 is 52.8 Å². The number of nitrogens with zero attached hydrogens (tertiary/aromatic N) is 2. The van der Waals surface area contributed by atoms with Gasteiger partial charge in [0.25, 0.3) is 10.0 Å². The fourth-order valence-electron chi connectivity index (χ4n) is 4.94. The number of hydrogen-bond donors (Lipinski definition) is 1. The predicted molar refractivity (Wildman–Crippen MR) is 155 cm³/mol. The molecule has 1 fully saturated rings. The molecule has 1 saturated heterocycles. The number of sulfonamides is 1. The minimum atomic E-state index is -4.54. The van der Waals surface area contributed by atoms with E-state index in [1.54, 1.807) is 31.2 Å². The van der Waals surface area contributed by atoms with Crippen LogP contribution in [0.25, 0.3) is 10.9 Å². The number of ether oxygens (including phenoxy) is 2. The van der Waals surface area contributed by atoms with Gasteiger partial charge in [0.15, 0.2) is 5.69 Å². The molecule has 5 rings (SSSR count).